The van der Waals surface area contributed by atoms with Gasteiger partial charge in [0.05, 0.1) is 11.3 Å². The van der Waals surface area contributed by atoms with Gasteiger partial charge in [0.2, 0.25) is 17.7 Å². The summed E-state index contributed by atoms with van der Waals surface area (Å²) in [6, 6.07) is 29.1. The number of benzene rings is 3. The van der Waals surface area contributed by atoms with Gasteiger partial charge in [-0.05, 0) is 24.6 Å². The Bertz CT molecular complexity index is 1580. The van der Waals surface area contributed by atoms with Crippen molar-refractivity contribution in [1.82, 2.24) is 9.78 Å². The Hall–Kier alpha value is -4.83. The van der Waals surface area contributed by atoms with Crippen molar-refractivity contribution in [3.05, 3.63) is 108 Å². The highest BCUT2D eigenvalue weighted by Crippen LogP contribution is 2.57. The van der Waals surface area contributed by atoms with Crippen LogP contribution in [0.25, 0.3) is 16.9 Å². The van der Waals surface area contributed by atoms with Gasteiger partial charge in [0.1, 0.15) is 22.8 Å². The van der Waals surface area contributed by atoms with Gasteiger partial charge in [-0.2, -0.15) is 15.0 Å². The quantitative estimate of drug-likeness (QED) is 0.424. The van der Waals surface area contributed by atoms with E-state index < -0.39 is 5.41 Å². The molecule has 1 spiro atoms. The molecule has 1 unspecified atom stereocenters. The van der Waals surface area contributed by atoms with E-state index in [4.69, 9.17) is 15.6 Å². The lowest BCUT2D eigenvalue weighted by molar-refractivity contribution is -0.121. The minimum atomic E-state index is -1.48. The average Bonchev–Trinajstić information content (AvgIpc) is 3.43. The van der Waals surface area contributed by atoms with E-state index in [1.54, 1.807) is 9.58 Å². The Balaban J connectivity index is 1.74. The molecule has 2 N–H and O–H groups in total. The van der Waals surface area contributed by atoms with Crippen molar-refractivity contribution in [2.24, 2.45) is 5.73 Å². The summed E-state index contributed by atoms with van der Waals surface area (Å²) in [4.78, 5) is 16.4. The van der Waals surface area contributed by atoms with Gasteiger partial charge in [-0.3, -0.25) is 4.79 Å². The van der Waals surface area contributed by atoms with Gasteiger partial charge in [0.25, 0.3) is 0 Å². The Morgan fingerprint density at radius 3 is 2.38 bits per heavy atom. The molecule has 4 aromatic rings. The van der Waals surface area contributed by atoms with E-state index in [9.17, 15) is 10.1 Å². The van der Waals surface area contributed by atoms with Gasteiger partial charge in [0.15, 0.2) is 0 Å². The molecule has 7 heteroatoms. The number of unbranched alkanes of at least 4 members (excludes halogenated alkanes) is 1. The summed E-state index contributed by atoms with van der Waals surface area (Å²) in [7, 11) is 0. The van der Waals surface area contributed by atoms with Crippen LogP contribution < -0.4 is 15.4 Å². The van der Waals surface area contributed by atoms with Crippen LogP contribution in [0, 0.1) is 11.3 Å². The molecule has 0 fully saturated rings. The van der Waals surface area contributed by atoms with Crippen molar-refractivity contribution in [3.63, 3.8) is 0 Å². The van der Waals surface area contributed by atoms with E-state index >= 15 is 0 Å². The van der Waals surface area contributed by atoms with Crippen LogP contribution in [0.2, 0.25) is 0 Å². The average molecular weight is 488 g/mol. The van der Waals surface area contributed by atoms with Crippen molar-refractivity contribution >= 4 is 11.6 Å². The molecule has 0 radical (unpaired) electrons. The fourth-order valence-electron chi connectivity index (χ4n) is 5.46. The number of hydrogen-bond donors (Lipinski definition) is 1. The van der Waals surface area contributed by atoms with Crippen LogP contribution >= 0.6 is 0 Å². The maximum absolute atomic E-state index is 14.6. The minimum Gasteiger partial charge on any atom is -0.422 e. The molecule has 0 aliphatic carbocycles. The summed E-state index contributed by atoms with van der Waals surface area (Å²) in [5.74, 6) is 0.0326. The maximum atomic E-state index is 14.6. The van der Waals surface area contributed by atoms with Gasteiger partial charge in [-0.25, -0.2) is 0 Å². The third-order valence-electron chi connectivity index (χ3n) is 7.11. The molecule has 2 aliphatic rings. The second kappa shape index (κ2) is 8.68. The summed E-state index contributed by atoms with van der Waals surface area (Å²) >= 11 is 0. The summed E-state index contributed by atoms with van der Waals surface area (Å²) in [5, 5.41) is 15.4. The van der Waals surface area contributed by atoms with Crippen LogP contribution in [0.5, 0.6) is 5.88 Å². The number of hydrogen-bond acceptors (Lipinski definition) is 5. The molecule has 1 amide bonds. The van der Waals surface area contributed by atoms with E-state index in [1.807, 2.05) is 84.9 Å². The largest absolute Gasteiger partial charge is 0.422 e. The molecule has 0 bridgehead atoms. The summed E-state index contributed by atoms with van der Waals surface area (Å²) < 4.78 is 7.83. The lowest BCUT2D eigenvalue weighted by Gasteiger charge is -2.33. The highest BCUT2D eigenvalue weighted by Gasteiger charge is 2.61. The molecule has 37 heavy (non-hydrogen) atoms. The fraction of sp³-hybridized carbons (Fsp3) is 0.167. The lowest BCUT2D eigenvalue weighted by atomic mass is 9.68. The number of para-hydroxylation sites is 2. The number of rotatable bonds is 5. The number of amides is 1. The van der Waals surface area contributed by atoms with Gasteiger partial charge < -0.3 is 15.4 Å². The summed E-state index contributed by atoms with van der Waals surface area (Å²) in [5.41, 5.74) is 9.21. The summed E-state index contributed by atoms with van der Waals surface area (Å²) in [6.45, 7) is 2.63. The first-order valence-electron chi connectivity index (χ1n) is 12.4. The van der Waals surface area contributed by atoms with E-state index in [2.05, 4.69) is 13.0 Å². The van der Waals surface area contributed by atoms with Crippen LogP contribution in [0.1, 0.15) is 30.9 Å². The first kappa shape index (κ1) is 22.6. The Labute approximate surface area is 215 Å². The number of nitrogens with two attached hydrogens (primary N) is 1. The number of aromatic nitrogens is 2. The fourth-order valence-corrected chi connectivity index (χ4v) is 5.46. The molecule has 1 atom stereocenters. The monoisotopic (exact) mass is 487 g/mol. The zero-order chi connectivity index (χ0) is 25.6. The zero-order valence-electron chi connectivity index (χ0n) is 20.4. The lowest BCUT2D eigenvalue weighted by Crippen LogP contribution is -2.46. The van der Waals surface area contributed by atoms with Crippen molar-refractivity contribution in [2.75, 3.05) is 11.4 Å². The Morgan fingerprint density at radius 1 is 1.00 bits per heavy atom. The first-order valence-corrected chi connectivity index (χ1v) is 12.4. The molecule has 1 aromatic heterocycles. The van der Waals surface area contributed by atoms with E-state index in [1.165, 1.54) is 0 Å². The van der Waals surface area contributed by atoms with Crippen LogP contribution in [-0.2, 0) is 10.2 Å². The number of anilines is 1. The van der Waals surface area contributed by atoms with Crippen LogP contribution in [0.3, 0.4) is 0 Å². The standard InChI is InChI=1S/C30H25N5O2/c1-2-3-18-34-24-17-11-10-16-22(24)30(29(34)36)23(19-31)27(32)37-28-25(30)26(20-12-6-4-7-13-20)33-35(28)21-14-8-5-9-15-21/h4-17H,2-3,18,32H2,1H3. The molecule has 2 aliphatic heterocycles. The molecule has 7 nitrogen and oxygen atoms in total. The Kier molecular flexibility index (Phi) is 5.31. The smallest absolute Gasteiger partial charge is 0.247 e. The van der Waals surface area contributed by atoms with Gasteiger partial charge in [-0.1, -0.05) is 80.1 Å². The van der Waals surface area contributed by atoms with E-state index in [0.717, 1.165) is 29.8 Å². The molecular formula is C30H25N5O2. The molecule has 3 heterocycles. The van der Waals surface area contributed by atoms with E-state index in [-0.39, 0.29) is 17.4 Å². The highest BCUT2D eigenvalue weighted by molar-refractivity contribution is 6.15. The molecule has 0 saturated carbocycles. The van der Waals surface area contributed by atoms with Gasteiger partial charge >= 0.3 is 0 Å². The predicted molar refractivity (Wildman–Crippen MR) is 141 cm³/mol. The van der Waals surface area contributed by atoms with Gasteiger partial charge in [-0.15, -0.1) is 0 Å². The minimum absolute atomic E-state index is 0.0845. The second-order valence-electron chi connectivity index (χ2n) is 9.17. The second-order valence-corrected chi connectivity index (χ2v) is 9.17. The molecular weight excluding hydrogens is 462 g/mol. The summed E-state index contributed by atoms with van der Waals surface area (Å²) in [6.07, 6.45) is 1.76. The Morgan fingerprint density at radius 2 is 1.68 bits per heavy atom. The molecule has 6 rings (SSSR count). The number of nitriles is 1. The number of nitrogens with zero attached hydrogens (tertiary/aromatic N) is 4. The predicted octanol–water partition coefficient (Wildman–Crippen LogP) is 5.06. The topological polar surface area (TPSA) is 97.2 Å². The van der Waals surface area contributed by atoms with Crippen molar-refractivity contribution in [3.8, 4) is 28.9 Å². The zero-order valence-corrected chi connectivity index (χ0v) is 20.4. The number of carbonyl (C=O) groups is 1. The van der Waals surface area contributed by atoms with Crippen LogP contribution in [0.4, 0.5) is 5.69 Å². The van der Waals surface area contributed by atoms with Crippen LogP contribution in [-0.4, -0.2) is 22.2 Å². The highest BCUT2D eigenvalue weighted by atomic mass is 16.5. The molecule has 3 aromatic carbocycles. The van der Waals surface area contributed by atoms with Crippen molar-refractivity contribution in [1.29, 1.82) is 5.26 Å². The normalized spacial score (nSPS) is 17.9. The van der Waals surface area contributed by atoms with Gasteiger partial charge in [0, 0.05) is 23.4 Å². The third-order valence-corrected chi connectivity index (χ3v) is 7.11. The first-order chi connectivity index (χ1) is 18.1. The van der Waals surface area contributed by atoms with E-state index in [0.29, 0.717) is 29.2 Å². The molecule has 182 valence electrons. The van der Waals surface area contributed by atoms with Crippen molar-refractivity contribution in [2.45, 2.75) is 25.2 Å². The maximum Gasteiger partial charge on any atom is 0.247 e. The number of fused-ring (bicyclic) bond motifs is 4. The number of ether oxygens (including phenoxy) is 1. The SMILES string of the molecule is CCCCN1C(=O)C2(C(C#N)=C(N)Oc3c2c(-c2ccccc2)nn3-c2ccccc2)c2ccccc21. The number of carbonyl (C=O) groups excluding carboxylic acids is 1. The molecule has 0 saturated heterocycles. The van der Waals surface area contributed by atoms with Crippen LogP contribution in [0.15, 0.2) is 96.4 Å². The third kappa shape index (κ3) is 3.12. The van der Waals surface area contributed by atoms with Crippen molar-refractivity contribution < 1.29 is 9.53 Å².